The molecule has 4 fully saturated rings. The van der Waals surface area contributed by atoms with E-state index in [0.29, 0.717) is 12.8 Å². The Balaban J connectivity index is 1.18. The van der Waals surface area contributed by atoms with Crippen LogP contribution in [0.25, 0.3) is 10.8 Å². The van der Waals surface area contributed by atoms with Crippen LogP contribution in [0.2, 0.25) is 0 Å². The van der Waals surface area contributed by atoms with Gasteiger partial charge in [-0.3, -0.25) is 9.88 Å². The molecule has 2 spiro atoms. The maximum Gasteiger partial charge on any atom is 0.105 e. The summed E-state index contributed by atoms with van der Waals surface area (Å²) in [6.45, 7) is 3.93. The lowest BCUT2D eigenvalue weighted by Gasteiger charge is -2.56. The minimum Gasteiger partial charge on any atom is -0.392 e. The molecular weight excluding hydrogens is 490 g/mol. The molecule has 10 atom stereocenters. The van der Waals surface area contributed by atoms with Gasteiger partial charge in [0.15, 0.2) is 0 Å². The molecule has 7 nitrogen and oxygen atoms in total. The molecular formula is C32H39N3O4. The number of allylic oxidation sites excluding steroid dienone is 1. The van der Waals surface area contributed by atoms with Crippen molar-refractivity contribution in [1.82, 2.24) is 9.88 Å². The molecule has 7 heteroatoms. The van der Waals surface area contributed by atoms with E-state index < -0.39 is 29.5 Å². The lowest BCUT2D eigenvalue weighted by atomic mass is 9.58. The summed E-state index contributed by atoms with van der Waals surface area (Å²) in [5.74, 6) is 0.164. The molecule has 2 unspecified atom stereocenters. The summed E-state index contributed by atoms with van der Waals surface area (Å²) in [5.41, 5.74) is 8.15. The number of likely N-dealkylation sites (tertiary alicyclic amines) is 1. The van der Waals surface area contributed by atoms with E-state index in [4.69, 9.17) is 10.5 Å². The second-order valence-corrected chi connectivity index (χ2v) is 13.5. The van der Waals surface area contributed by atoms with Crippen molar-refractivity contribution < 1.29 is 20.1 Å². The van der Waals surface area contributed by atoms with Gasteiger partial charge < -0.3 is 25.8 Å². The van der Waals surface area contributed by atoms with Crippen molar-refractivity contribution in [3.8, 4) is 0 Å². The van der Waals surface area contributed by atoms with Crippen molar-refractivity contribution >= 4 is 10.8 Å². The third-order valence-electron chi connectivity index (χ3n) is 11.6. The van der Waals surface area contributed by atoms with Crippen LogP contribution in [-0.4, -0.2) is 79.9 Å². The average molecular weight is 530 g/mol. The topological polar surface area (TPSA) is 112 Å². The Labute approximate surface area is 229 Å². The third-order valence-corrected chi connectivity index (χ3v) is 11.6. The Kier molecular flexibility index (Phi) is 5.19. The van der Waals surface area contributed by atoms with Gasteiger partial charge in [0.05, 0.1) is 23.4 Å². The second kappa shape index (κ2) is 8.21. The zero-order chi connectivity index (χ0) is 26.7. The first-order valence-corrected chi connectivity index (χ1v) is 14.7. The van der Waals surface area contributed by atoms with E-state index in [-0.39, 0.29) is 29.3 Å². The molecule has 4 heterocycles. The molecule has 5 N–H and O–H groups in total. The Morgan fingerprint density at radius 2 is 2.00 bits per heavy atom. The van der Waals surface area contributed by atoms with Crippen molar-refractivity contribution in [2.24, 2.45) is 17.1 Å². The van der Waals surface area contributed by atoms with Crippen LogP contribution in [0.1, 0.15) is 56.9 Å². The van der Waals surface area contributed by atoms with Crippen LogP contribution in [0, 0.1) is 11.3 Å². The maximum absolute atomic E-state index is 11.6. The molecule has 1 aromatic carbocycles. The molecule has 206 valence electrons. The standard InChI is InChI=1S/C32H39N3O4/c1-30-7-4-21-13-23-28(37)29(38)24(35-11-6-22(33)17-35)15-31(23)8-9-32(21,39-31)26(30)14-25(36)27(30)19-3-2-18-5-10-34-16-20(18)12-19/h2-5,10,12-13,16,22,24-29,36-38H,6-9,11,14-15,17,33H2,1H3/t22-,24+,25-,26-,27?,28+,29+,30+,31-,32?/m1/s1. The van der Waals surface area contributed by atoms with Crippen LogP contribution in [0.4, 0.5) is 0 Å². The van der Waals surface area contributed by atoms with Crippen LogP contribution >= 0.6 is 0 Å². The number of nitrogens with zero attached hydrogens (tertiary/aromatic N) is 2. The number of aliphatic hydroxyl groups excluding tert-OH is 3. The van der Waals surface area contributed by atoms with Gasteiger partial charge in [-0.1, -0.05) is 31.2 Å². The summed E-state index contributed by atoms with van der Waals surface area (Å²) >= 11 is 0. The van der Waals surface area contributed by atoms with Gasteiger partial charge in [0.25, 0.3) is 0 Å². The van der Waals surface area contributed by atoms with E-state index in [2.05, 4.69) is 47.2 Å². The molecule has 2 bridgehead atoms. The number of benzene rings is 1. The van der Waals surface area contributed by atoms with E-state index in [1.807, 2.05) is 18.5 Å². The zero-order valence-electron chi connectivity index (χ0n) is 22.5. The number of rotatable bonds is 2. The number of fused-ring (bicyclic) bond motifs is 2. The summed E-state index contributed by atoms with van der Waals surface area (Å²) in [6, 6.07) is 8.51. The summed E-state index contributed by atoms with van der Waals surface area (Å²) in [4.78, 5) is 6.59. The fraction of sp³-hybridized carbons (Fsp3) is 0.594. The van der Waals surface area contributed by atoms with Crippen molar-refractivity contribution in [1.29, 1.82) is 0 Å². The van der Waals surface area contributed by atoms with Gasteiger partial charge >= 0.3 is 0 Å². The number of aliphatic hydroxyl groups is 3. The summed E-state index contributed by atoms with van der Waals surface area (Å²) in [6.07, 6.45) is 10.8. The molecule has 1 aromatic heterocycles. The van der Waals surface area contributed by atoms with Gasteiger partial charge in [-0.05, 0) is 78.2 Å². The lowest BCUT2D eigenvalue weighted by molar-refractivity contribution is -0.167. The van der Waals surface area contributed by atoms with E-state index in [1.165, 1.54) is 5.56 Å². The highest BCUT2D eigenvalue weighted by Crippen LogP contribution is 2.69. The molecule has 2 aromatic rings. The van der Waals surface area contributed by atoms with Gasteiger partial charge in [-0.15, -0.1) is 0 Å². The fourth-order valence-corrected chi connectivity index (χ4v) is 9.80. The molecule has 2 saturated carbocycles. The lowest BCUT2D eigenvalue weighted by Crippen LogP contribution is -2.62. The van der Waals surface area contributed by atoms with Gasteiger partial charge in [0, 0.05) is 54.8 Å². The van der Waals surface area contributed by atoms with Gasteiger partial charge in [0.1, 0.15) is 6.10 Å². The van der Waals surface area contributed by atoms with E-state index in [1.54, 1.807) is 0 Å². The number of hydrogen-bond donors (Lipinski definition) is 4. The first-order valence-electron chi connectivity index (χ1n) is 14.7. The number of aromatic nitrogens is 1. The van der Waals surface area contributed by atoms with Gasteiger partial charge in [-0.25, -0.2) is 0 Å². The predicted octanol–water partition coefficient (Wildman–Crippen LogP) is 2.79. The smallest absolute Gasteiger partial charge is 0.105 e. The Morgan fingerprint density at radius 1 is 1.13 bits per heavy atom. The number of nitrogens with two attached hydrogens (primary N) is 1. The quantitative estimate of drug-likeness (QED) is 0.473. The summed E-state index contributed by atoms with van der Waals surface area (Å²) < 4.78 is 7.31. The second-order valence-electron chi connectivity index (χ2n) is 13.5. The fourth-order valence-electron chi connectivity index (χ4n) is 9.80. The highest BCUT2D eigenvalue weighted by atomic mass is 16.5. The van der Waals surface area contributed by atoms with Crippen LogP contribution in [0.15, 0.2) is 60.0 Å². The van der Waals surface area contributed by atoms with Crippen LogP contribution < -0.4 is 5.73 Å². The van der Waals surface area contributed by atoms with Gasteiger partial charge in [0.2, 0.25) is 0 Å². The highest BCUT2D eigenvalue weighted by molar-refractivity contribution is 5.82. The van der Waals surface area contributed by atoms with Crippen LogP contribution in [0.3, 0.4) is 0 Å². The highest BCUT2D eigenvalue weighted by Gasteiger charge is 2.69. The van der Waals surface area contributed by atoms with E-state index in [0.717, 1.165) is 60.7 Å². The molecule has 6 aliphatic rings. The van der Waals surface area contributed by atoms with E-state index in [9.17, 15) is 15.3 Å². The Morgan fingerprint density at radius 3 is 2.82 bits per heavy atom. The monoisotopic (exact) mass is 529 g/mol. The predicted molar refractivity (Wildman–Crippen MR) is 148 cm³/mol. The third kappa shape index (κ3) is 3.23. The normalized spacial score (nSPS) is 46.9. The molecule has 39 heavy (non-hydrogen) atoms. The minimum atomic E-state index is -0.945. The molecule has 3 aliphatic carbocycles. The molecule has 8 rings (SSSR count). The maximum atomic E-state index is 11.6. The van der Waals surface area contributed by atoms with Gasteiger partial charge in [-0.2, -0.15) is 0 Å². The van der Waals surface area contributed by atoms with E-state index >= 15 is 0 Å². The van der Waals surface area contributed by atoms with Crippen molar-refractivity contribution in [3.05, 3.63) is 65.5 Å². The van der Waals surface area contributed by atoms with Crippen LogP contribution in [0.5, 0.6) is 0 Å². The Bertz CT molecular complexity index is 1410. The van der Waals surface area contributed by atoms with Crippen molar-refractivity contribution in [3.63, 3.8) is 0 Å². The Hall–Kier alpha value is -2.13. The number of ether oxygens (including phenoxy) is 1. The van der Waals surface area contributed by atoms with Crippen molar-refractivity contribution in [2.75, 3.05) is 13.1 Å². The largest absolute Gasteiger partial charge is 0.392 e. The first-order chi connectivity index (χ1) is 18.7. The number of pyridine rings is 1. The molecule has 2 saturated heterocycles. The molecule has 3 aliphatic heterocycles. The minimum absolute atomic E-state index is 0.00223. The summed E-state index contributed by atoms with van der Waals surface area (Å²) in [7, 11) is 0. The first kappa shape index (κ1) is 24.6. The molecule has 0 radical (unpaired) electrons. The van der Waals surface area contributed by atoms with Crippen molar-refractivity contribution in [2.45, 2.75) is 93.0 Å². The number of hydrogen-bond acceptors (Lipinski definition) is 7. The zero-order valence-corrected chi connectivity index (χ0v) is 22.5. The summed E-state index contributed by atoms with van der Waals surface area (Å²) in [5, 5.41) is 36.5. The molecule has 0 amide bonds. The average Bonchev–Trinajstić information content (AvgIpc) is 3.58. The van der Waals surface area contributed by atoms with Crippen LogP contribution in [-0.2, 0) is 4.74 Å². The SMILES string of the molecule is C[C@]12CC=C3C=C4[C@H](O)[C@@H](O)[C@@H](N5CC[C@@H](N)C5)C[C@]45CCC3(O5)[C@@H]1C[C@@H](O)C2c1ccc2ccncc2c1.